The molecule has 2 N–H and O–H groups in total. The van der Waals surface area contributed by atoms with Gasteiger partial charge in [-0.1, -0.05) is 6.07 Å². The third-order valence-electron chi connectivity index (χ3n) is 4.49. The van der Waals surface area contributed by atoms with Gasteiger partial charge in [0.1, 0.15) is 0 Å². The molecule has 1 amide bonds. The van der Waals surface area contributed by atoms with Crippen molar-refractivity contribution in [2.45, 2.75) is 39.8 Å². The molecule has 110 valence electrons. The summed E-state index contributed by atoms with van der Waals surface area (Å²) < 4.78 is 0. The first-order valence-electron chi connectivity index (χ1n) is 7.19. The molecular weight excluding hydrogens is 250 g/mol. The summed E-state index contributed by atoms with van der Waals surface area (Å²) in [5, 5.41) is 0. The lowest BCUT2D eigenvalue weighted by molar-refractivity contribution is 0.0413. The zero-order valence-electron chi connectivity index (χ0n) is 13.1. The van der Waals surface area contributed by atoms with Gasteiger partial charge in [0.05, 0.1) is 0 Å². The summed E-state index contributed by atoms with van der Waals surface area (Å²) in [6.07, 6.45) is 0. The zero-order chi connectivity index (χ0) is 15.0. The highest BCUT2D eigenvalue weighted by atomic mass is 16.2. The summed E-state index contributed by atoms with van der Waals surface area (Å²) in [5.41, 5.74) is 9.40. The summed E-state index contributed by atoms with van der Waals surface area (Å²) in [5.74, 6) is 0.0981. The van der Waals surface area contributed by atoms with Crippen LogP contribution in [0.1, 0.15) is 35.3 Å². The van der Waals surface area contributed by atoms with Crippen LogP contribution in [0, 0.1) is 13.8 Å². The van der Waals surface area contributed by atoms with Crippen LogP contribution < -0.4 is 5.73 Å². The molecule has 1 aromatic rings. The standard InChI is InChI=1S/C16H25N3O/c1-10-6-11(2)15(17)7-14(10)16(20)19-8-12(3)18(5)13(4)9-19/h6-7,12-13H,8-9,17H2,1-5H3. The molecule has 0 spiro atoms. The lowest BCUT2D eigenvalue weighted by Crippen LogP contribution is -2.56. The molecule has 1 aromatic carbocycles. The SMILES string of the molecule is Cc1cc(C)c(C(=O)N2CC(C)N(C)C(C)C2)cc1N. The van der Waals surface area contributed by atoms with E-state index in [1.165, 1.54) is 0 Å². The summed E-state index contributed by atoms with van der Waals surface area (Å²) in [6.45, 7) is 9.80. The third-order valence-corrected chi connectivity index (χ3v) is 4.49. The molecule has 2 atom stereocenters. The first-order valence-corrected chi connectivity index (χ1v) is 7.19. The molecule has 1 heterocycles. The minimum atomic E-state index is 0.0981. The molecule has 2 unspecified atom stereocenters. The number of carbonyl (C=O) groups is 1. The van der Waals surface area contributed by atoms with Crippen LogP contribution >= 0.6 is 0 Å². The van der Waals surface area contributed by atoms with Crippen molar-refractivity contribution in [3.05, 3.63) is 28.8 Å². The number of amides is 1. The van der Waals surface area contributed by atoms with Crippen molar-refractivity contribution in [2.24, 2.45) is 0 Å². The molecule has 1 aliphatic rings. The Hall–Kier alpha value is -1.55. The number of aryl methyl sites for hydroxylation is 2. The van der Waals surface area contributed by atoms with Crippen LogP contribution in [0.4, 0.5) is 5.69 Å². The van der Waals surface area contributed by atoms with E-state index in [0.29, 0.717) is 17.8 Å². The molecule has 1 aliphatic heterocycles. The molecule has 0 radical (unpaired) electrons. The van der Waals surface area contributed by atoms with Gasteiger partial charge >= 0.3 is 0 Å². The van der Waals surface area contributed by atoms with E-state index in [2.05, 4.69) is 25.8 Å². The van der Waals surface area contributed by atoms with E-state index in [-0.39, 0.29) is 5.91 Å². The van der Waals surface area contributed by atoms with E-state index >= 15 is 0 Å². The van der Waals surface area contributed by atoms with E-state index in [4.69, 9.17) is 5.73 Å². The van der Waals surface area contributed by atoms with Crippen LogP contribution in [0.2, 0.25) is 0 Å². The Bertz CT molecular complexity index is 515. The van der Waals surface area contributed by atoms with Gasteiger partial charge in [-0.05, 0) is 51.9 Å². The smallest absolute Gasteiger partial charge is 0.254 e. The van der Waals surface area contributed by atoms with Crippen LogP contribution in [0.3, 0.4) is 0 Å². The van der Waals surface area contributed by atoms with Gasteiger partial charge < -0.3 is 10.6 Å². The second kappa shape index (κ2) is 5.44. The monoisotopic (exact) mass is 275 g/mol. The van der Waals surface area contributed by atoms with Gasteiger partial charge in [-0.2, -0.15) is 0 Å². The number of likely N-dealkylation sites (N-methyl/N-ethyl adjacent to an activating group) is 1. The topological polar surface area (TPSA) is 49.6 Å². The fourth-order valence-corrected chi connectivity index (χ4v) is 2.84. The Morgan fingerprint density at radius 1 is 1.15 bits per heavy atom. The Balaban J connectivity index is 2.26. The predicted octanol–water partition coefficient (Wildman–Crippen LogP) is 2.05. The average molecular weight is 275 g/mol. The van der Waals surface area contributed by atoms with Crippen LogP contribution in [-0.2, 0) is 0 Å². The lowest BCUT2D eigenvalue weighted by Gasteiger charge is -2.42. The molecule has 0 bridgehead atoms. The van der Waals surface area contributed by atoms with E-state index in [0.717, 1.165) is 29.8 Å². The van der Waals surface area contributed by atoms with Gasteiger partial charge in [0.15, 0.2) is 0 Å². The van der Waals surface area contributed by atoms with Crippen LogP contribution in [0.15, 0.2) is 12.1 Å². The molecule has 0 aromatic heterocycles. The molecule has 1 saturated heterocycles. The number of nitrogens with two attached hydrogens (primary N) is 1. The molecule has 0 aliphatic carbocycles. The number of hydrogen-bond donors (Lipinski definition) is 1. The number of nitrogen functional groups attached to an aromatic ring is 1. The van der Waals surface area contributed by atoms with Crippen molar-refractivity contribution < 1.29 is 4.79 Å². The van der Waals surface area contributed by atoms with Crippen molar-refractivity contribution >= 4 is 11.6 Å². The minimum absolute atomic E-state index is 0.0981. The van der Waals surface area contributed by atoms with Crippen molar-refractivity contribution in [1.82, 2.24) is 9.80 Å². The zero-order valence-corrected chi connectivity index (χ0v) is 13.1. The maximum Gasteiger partial charge on any atom is 0.254 e. The maximum atomic E-state index is 12.7. The first kappa shape index (κ1) is 14.9. The van der Waals surface area contributed by atoms with Gasteiger partial charge in [0, 0.05) is 36.4 Å². The number of piperazine rings is 1. The number of carbonyl (C=O) groups excluding carboxylic acids is 1. The number of anilines is 1. The number of nitrogens with zero attached hydrogens (tertiary/aromatic N) is 2. The second-order valence-electron chi connectivity index (χ2n) is 6.10. The Kier molecular flexibility index (Phi) is 4.04. The van der Waals surface area contributed by atoms with Crippen LogP contribution in [-0.4, -0.2) is 47.9 Å². The Morgan fingerprint density at radius 2 is 1.70 bits per heavy atom. The molecule has 4 nitrogen and oxygen atoms in total. The summed E-state index contributed by atoms with van der Waals surface area (Å²) in [4.78, 5) is 17.0. The molecular formula is C16H25N3O. The third kappa shape index (κ3) is 2.66. The first-order chi connectivity index (χ1) is 9.31. The highest BCUT2D eigenvalue weighted by Crippen LogP contribution is 2.22. The van der Waals surface area contributed by atoms with E-state index in [1.807, 2.05) is 30.9 Å². The highest BCUT2D eigenvalue weighted by molar-refractivity contribution is 5.96. The van der Waals surface area contributed by atoms with Gasteiger partial charge in [0.2, 0.25) is 0 Å². The summed E-state index contributed by atoms with van der Waals surface area (Å²) in [7, 11) is 2.12. The fraction of sp³-hybridized carbons (Fsp3) is 0.562. The van der Waals surface area contributed by atoms with Gasteiger partial charge in [0.25, 0.3) is 5.91 Å². The van der Waals surface area contributed by atoms with Crippen molar-refractivity contribution in [1.29, 1.82) is 0 Å². The Morgan fingerprint density at radius 3 is 2.25 bits per heavy atom. The number of rotatable bonds is 1. The quantitative estimate of drug-likeness (QED) is 0.798. The molecule has 1 fully saturated rings. The van der Waals surface area contributed by atoms with Gasteiger partial charge in [-0.3, -0.25) is 9.69 Å². The van der Waals surface area contributed by atoms with Gasteiger partial charge in [-0.25, -0.2) is 0 Å². The van der Waals surface area contributed by atoms with Gasteiger partial charge in [-0.15, -0.1) is 0 Å². The van der Waals surface area contributed by atoms with E-state index in [1.54, 1.807) is 0 Å². The molecule has 4 heteroatoms. The minimum Gasteiger partial charge on any atom is -0.398 e. The summed E-state index contributed by atoms with van der Waals surface area (Å²) in [6, 6.07) is 4.57. The van der Waals surface area contributed by atoms with Crippen molar-refractivity contribution in [3.8, 4) is 0 Å². The molecule has 0 saturated carbocycles. The second-order valence-corrected chi connectivity index (χ2v) is 6.10. The predicted molar refractivity (Wildman–Crippen MR) is 82.9 cm³/mol. The van der Waals surface area contributed by atoms with Crippen LogP contribution in [0.25, 0.3) is 0 Å². The number of hydrogen-bond acceptors (Lipinski definition) is 3. The maximum absolute atomic E-state index is 12.7. The normalized spacial score (nSPS) is 23.9. The average Bonchev–Trinajstić information content (AvgIpc) is 2.38. The molecule has 20 heavy (non-hydrogen) atoms. The number of benzene rings is 1. The largest absolute Gasteiger partial charge is 0.398 e. The lowest BCUT2D eigenvalue weighted by atomic mass is 10.0. The Labute approximate surface area is 121 Å². The van der Waals surface area contributed by atoms with E-state index in [9.17, 15) is 4.79 Å². The highest BCUT2D eigenvalue weighted by Gasteiger charge is 2.30. The van der Waals surface area contributed by atoms with Crippen molar-refractivity contribution in [3.63, 3.8) is 0 Å². The van der Waals surface area contributed by atoms with E-state index < -0.39 is 0 Å². The van der Waals surface area contributed by atoms with Crippen molar-refractivity contribution in [2.75, 3.05) is 25.9 Å². The van der Waals surface area contributed by atoms with Crippen LogP contribution in [0.5, 0.6) is 0 Å². The fourth-order valence-electron chi connectivity index (χ4n) is 2.84. The summed E-state index contributed by atoms with van der Waals surface area (Å²) >= 11 is 0. The molecule has 2 rings (SSSR count).